The van der Waals surface area contributed by atoms with Crippen LogP contribution in [-0.4, -0.2) is 6.21 Å². The van der Waals surface area contributed by atoms with Crippen LogP contribution in [-0.2, 0) is 5.41 Å². The van der Waals surface area contributed by atoms with Crippen LogP contribution in [0.1, 0.15) is 52.7 Å². The summed E-state index contributed by atoms with van der Waals surface area (Å²) in [6, 6.07) is 8.66. The highest BCUT2D eigenvalue weighted by molar-refractivity contribution is 5.65. The normalized spacial score (nSPS) is 13.7. The summed E-state index contributed by atoms with van der Waals surface area (Å²) in [6.07, 6.45) is 5.86. The van der Waals surface area contributed by atoms with Crippen LogP contribution in [0.3, 0.4) is 0 Å². The van der Waals surface area contributed by atoms with Gasteiger partial charge in [-0.1, -0.05) is 65.8 Å². The van der Waals surface area contributed by atoms with Gasteiger partial charge < -0.3 is 0 Å². The van der Waals surface area contributed by atoms with Gasteiger partial charge in [-0.05, 0) is 28.0 Å². The topological polar surface area (TPSA) is 12.4 Å². The average molecular weight is 243 g/mol. The minimum atomic E-state index is 0.139. The van der Waals surface area contributed by atoms with Crippen molar-refractivity contribution < 1.29 is 0 Å². The second-order valence-electron chi connectivity index (χ2n) is 6.83. The van der Waals surface area contributed by atoms with Gasteiger partial charge in [0.15, 0.2) is 0 Å². The van der Waals surface area contributed by atoms with Crippen molar-refractivity contribution in [1.82, 2.24) is 0 Å². The number of benzene rings is 1. The molecule has 0 saturated carbocycles. The highest BCUT2D eigenvalue weighted by Gasteiger charge is 2.12. The molecule has 1 aromatic rings. The molecule has 0 aliphatic carbocycles. The highest BCUT2D eigenvalue weighted by Crippen LogP contribution is 2.22. The molecule has 0 aliphatic rings. The third-order valence-electron chi connectivity index (χ3n) is 2.59. The van der Waals surface area contributed by atoms with Crippen LogP contribution in [0.5, 0.6) is 0 Å². The summed E-state index contributed by atoms with van der Waals surface area (Å²) in [7, 11) is 0. The summed E-state index contributed by atoms with van der Waals surface area (Å²) >= 11 is 0. The van der Waals surface area contributed by atoms with Gasteiger partial charge in [0.2, 0.25) is 0 Å². The SMILES string of the molecule is CC(C)(C)/C=N/C=C/c1ccc(C(C)(C)C)cc1. The molecule has 0 aromatic heterocycles. The summed E-state index contributed by atoms with van der Waals surface area (Å²) < 4.78 is 0. The van der Waals surface area contributed by atoms with Crippen LogP contribution in [0.25, 0.3) is 6.08 Å². The number of nitrogens with zero attached hydrogens (tertiary/aromatic N) is 1. The molecule has 0 aliphatic heterocycles. The fourth-order valence-electron chi connectivity index (χ4n) is 1.49. The third-order valence-corrected chi connectivity index (χ3v) is 2.59. The predicted octanol–water partition coefficient (Wildman–Crippen LogP) is 5.07. The Balaban J connectivity index is 2.70. The van der Waals surface area contributed by atoms with Gasteiger partial charge in [-0.2, -0.15) is 0 Å². The lowest BCUT2D eigenvalue weighted by molar-refractivity contribution is 0.590. The van der Waals surface area contributed by atoms with Crippen molar-refractivity contribution in [2.75, 3.05) is 0 Å². The van der Waals surface area contributed by atoms with Gasteiger partial charge in [0, 0.05) is 12.4 Å². The number of hydrogen-bond acceptors (Lipinski definition) is 1. The highest BCUT2D eigenvalue weighted by atomic mass is 14.7. The summed E-state index contributed by atoms with van der Waals surface area (Å²) in [5.41, 5.74) is 2.90. The Kier molecular flexibility index (Phi) is 4.50. The summed E-state index contributed by atoms with van der Waals surface area (Å²) in [5, 5.41) is 0. The molecule has 1 nitrogen and oxygen atoms in total. The minimum Gasteiger partial charge on any atom is -0.269 e. The molecule has 0 bridgehead atoms. The molecule has 18 heavy (non-hydrogen) atoms. The number of hydrogen-bond donors (Lipinski definition) is 0. The van der Waals surface area contributed by atoms with E-state index in [0.29, 0.717) is 0 Å². The van der Waals surface area contributed by atoms with E-state index in [1.165, 1.54) is 11.1 Å². The van der Waals surface area contributed by atoms with E-state index in [0.717, 1.165) is 0 Å². The van der Waals surface area contributed by atoms with Gasteiger partial charge in [-0.15, -0.1) is 0 Å². The van der Waals surface area contributed by atoms with Crippen molar-refractivity contribution in [3.05, 3.63) is 41.6 Å². The zero-order valence-electron chi connectivity index (χ0n) is 12.5. The van der Waals surface area contributed by atoms with Crippen LogP contribution in [0.4, 0.5) is 0 Å². The fourth-order valence-corrected chi connectivity index (χ4v) is 1.49. The molecule has 0 atom stereocenters. The second kappa shape index (κ2) is 5.51. The largest absolute Gasteiger partial charge is 0.269 e. The van der Waals surface area contributed by atoms with Crippen molar-refractivity contribution in [2.24, 2.45) is 10.4 Å². The molecule has 0 fully saturated rings. The average Bonchev–Trinajstić information content (AvgIpc) is 2.22. The monoisotopic (exact) mass is 243 g/mol. The Labute approximate surface area is 112 Å². The Morgan fingerprint density at radius 2 is 1.44 bits per heavy atom. The van der Waals surface area contributed by atoms with Crippen molar-refractivity contribution in [1.29, 1.82) is 0 Å². The lowest BCUT2D eigenvalue weighted by Crippen LogP contribution is -2.10. The van der Waals surface area contributed by atoms with Crippen LogP contribution < -0.4 is 0 Å². The molecule has 0 heterocycles. The van der Waals surface area contributed by atoms with Crippen molar-refractivity contribution >= 4 is 12.3 Å². The summed E-state index contributed by atoms with van der Waals surface area (Å²) in [6.45, 7) is 13.1. The lowest BCUT2D eigenvalue weighted by Gasteiger charge is -2.18. The zero-order valence-corrected chi connectivity index (χ0v) is 12.5. The lowest BCUT2D eigenvalue weighted by atomic mass is 9.87. The first-order valence-electron chi connectivity index (χ1n) is 6.50. The maximum Gasteiger partial charge on any atom is 0.0270 e. The Hall–Kier alpha value is -1.37. The Bertz CT molecular complexity index is 422. The molecule has 0 spiro atoms. The van der Waals surface area contributed by atoms with Crippen LogP contribution in [0.15, 0.2) is 35.5 Å². The molecule has 1 aromatic carbocycles. The fraction of sp³-hybridized carbons (Fsp3) is 0.471. The molecule has 0 amide bonds. The van der Waals surface area contributed by atoms with E-state index in [4.69, 9.17) is 0 Å². The van der Waals surface area contributed by atoms with E-state index < -0.39 is 0 Å². The molecular formula is C17H25N. The Morgan fingerprint density at radius 3 is 1.89 bits per heavy atom. The van der Waals surface area contributed by atoms with Gasteiger partial charge in [-0.3, -0.25) is 4.99 Å². The molecule has 0 radical (unpaired) electrons. The van der Waals surface area contributed by atoms with Crippen molar-refractivity contribution in [2.45, 2.75) is 47.0 Å². The number of rotatable bonds is 2. The van der Waals surface area contributed by atoms with Gasteiger partial charge in [0.05, 0.1) is 0 Å². The molecule has 1 heteroatoms. The van der Waals surface area contributed by atoms with Crippen molar-refractivity contribution in [3.63, 3.8) is 0 Å². The zero-order chi connectivity index (χ0) is 13.8. The van der Waals surface area contributed by atoms with Gasteiger partial charge in [0.1, 0.15) is 0 Å². The molecule has 1 rings (SSSR count). The van der Waals surface area contributed by atoms with Gasteiger partial charge in [0.25, 0.3) is 0 Å². The van der Waals surface area contributed by atoms with Crippen LogP contribution in [0.2, 0.25) is 0 Å². The maximum absolute atomic E-state index is 4.30. The summed E-state index contributed by atoms with van der Waals surface area (Å²) in [4.78, 5) is 4.30. The van der Waals surface area contributed by atoms with Gasteiger partial charge >= 0.3 is 0 Å². The van der Waals surface area contributed by atoms with E-state index in [9.17, 15) is 0 Å². The first-order valence-corrected chi connectivity index (χ1v) is 6.50. The van der Waals surface area contributed by atoms with E-state index >= 15 is 0 Å². The first kappa shape index (κ1) is 14.7. The van der Waals surface area contributed by atoms with Crippen LogP contribution in [0, 0.1) is 5.41 Å². The molecular weight excluding hydrogens is 218 g/mol. The molecule has 0 unspecified atom stereocenters. The second-order valence-corrected chi connectivity index (χ2v) is 6.83. The molecule has 98 valence electrons. The summed E-state index contributed by atoms with van der Waals surface area (Å²) in [5.74, 6) is 0. The van der Waals surface area contributed by atoms with E-state index in [1.807, 2.05) is 18.5 Å². The van der Waals surface area contributed by atoms with Gasteiger partial charge in [-0.25, -0.2) is 0 Å². The smallest absolute Gasteiger partial charge is 0.0270 e. The van der Waals surface area contributed by atoms with Crippen molar-refractivity contribution in [3.8, 4) is 0 Å². The number of aliphatic imine (C=N–C) groups is 1. The van der Waals surface area contributed by atoms with E-state index in [2.05, 4.69) is 70.8 Å². The van der Waals surface area contributed by atoms with E-state index in [1.54, 1.807) is 0 Å². The molecule has 0 saturated heterocycles. The first-order chi connectivity index (χ1) is 8.18. The molecule has 0 N–H and O–H groups in total. The standard InChI is InChI=1S/C17H25N/c1-16(2,3)13-18-12-11-14-7-9-15(10-8-14)17(4,5)6/h7-13H,1-6H3/b12-11+,18-13+. The maximum atomic E-state index is 4.30. The Morgan fingerprint density at radius 1 is 0.889 bits per heavy atom. The third kappa shape index (κ3) is 5.31. The van der Waals surface area contributed by atoms with E-state index in [-0.39, 0.29) is 10.8 Å². The van der Waals surface area contributed by atoms with Crippen LogP contribution >= 0.6 is 0 Å². The minimum absolute atomic E-state index is 0.139. The predicted molar refractivity (Wildman–Crippen MR) is 82.1 cm³/mol. The quantitative estimate of drug-likeness (QED) is 0.643.